The van der Waals surface area contributed by atoms with Crippen LogP contribution in [0.1, 0.15) is 37.7 Å². The van der Waals surface area contributed by atoms with E-state index in [4.69, 9.17) is 9.47 Å². The normalized spacial score (nSPS) is 18.1. The minimum absolute atomic E-state index is 0.0153. The molecule has 1 atom stereocenters. The van der Waals surface area contributed by atoms with Crippen molar-refractivity contribution < 1.29 is 19.1 Å². The second kappa shape index (κ2) is 9.25. The number of anilines is 1. The van der Waals surface area contributed by atoms with Crippen LogP contribution in [0.25, 0.3) is 0 Å². The molecule has 31 heavy (non-hydrogen) atoms. The Morgan fingerprint density at radius 1 is 1.10 bits per heavy atom. The van der Waals surface area contributed by atoms with Crippen LogP contribution in [0.2, 0.25) is 0 Å². The Kier molecular flexibility index (Phi) is 6.26. The molecule has 6 heteroatoms. The molecule has 1 aliphatic heterocycles. The molecule has 2 amide bonds. The predicted molar refractivity (Wildman–Crippen MR) is 119 cm³/mol. The molecule has 0 bridgehead atoms. The Morgan fingerprint density at radius 3 is 2.65 bits per heavy atom. The number of amides is 2. The second-order valence-electron chi connectivity index (χ2n) is 7.98. The molecule has 0 aromatic heterocycles. The summed E-state index contributed by atoms with van der Waals surface area (Å²) in [4.78, 5) is 28.2. The molecule has 0 spiro atoms. The van der Waals surface area contributed by atoms with Gasteiger partial charge < -0.3 is 19.7 Å². The number of nitrogens with zero attached hydrogens (tertiary/aromatic N) is 1. The minimum Gasteiger partial charge on any atom is -0.497 e. The van der Waals surface area contributed by atoms with Crippen molar-refractivity contribution in [3.05, 3.63) is 65.2 Å². The monoisotopic (exact) mass is 420 g/mol. The van der Waals surface area contributed by atoms with Crippen molar-refractivity contribution in [1.82, 2.24) is 4.90 Å². The zero-order valence-corrected chi connectivity index (χ0v) is 18.0. The fourth-order valence-corrected chi connectivity index (χ4v) is 4.56. The Balaban J connectivity index is 1.53. The summed E-state index contributed by atoms with van der Waals surface area (Å²) >= 11 is 0. The molecule has 0 saturated heterocycles. The number of hydrogen-bond acceptors (Lipinski definition) is 4. The average Bonchev–Trinajstić information content (AvgIpc) is 3.05. The van der Waals surface area contributed by atoms with Crippen molar-refractivity contribution in [2.45, 2.75) is 44.7 Å². The maximum absolute atomic E-state index is 13.3. The van der Waals surface area contributed by atoms with Crippen molar-refractivity contribution in [2.75, 3.05) is 19.5 Å². The van der Waals surface area contributed by atoms with Gasteiger partial charge in [-0.3, -0.25) is 9.59 Å². The van der Waals surface area contributed by atoms with E-state index >= 15 is 0 Å². The van der Waals surface area contributed by atoms with Gasteiger partial charge in [0.05, 0.1) is 32.4 Å². The van der Waals surface area contributed by atoms with E-state index in [9.17, 15) is 9.59 Å². The van der Waals surface area contributed by atoms with Crippen LogP contribution < -0.4 is 14.8 Å². The summed E-state index contributed by atoms with van der Waals surface area (Å²) in [5.74, 6) is 0.925. The van der Waals surface area contributed by atoms with Crippen LogP contribution in [0.15, 0.2) is 59.7 Å². The van der Waals surface area contributed by atoms with Crippen LogP contribution in [0.4, 0.5) is 5.69 Å². The first-order valence-electron chi connectivity index (χ1n) is 10.7. The molecule has 4 rings (SSSR count). The van der Waals surface area contributed by atoms with E-state index in [0.717, 1.165) is 36.8 Å². The Morgan fingerprint density at radius 2 is 1.90 bits per heavy atom. The first-order valence-corrected chi connectivity index (χ1v) is 10.7. The van der Waals surface area contributed by atoms with Crippen molar-refractivity contribution in [3.63, 3.8) is 0 Å². The summed E-state index contributed by atoms with van der Waals surface area (Å²) in [5, 5.41) is 2.89. The number of nitrogens with one attached hydrogen (secondary N) is 1. The van der Waals surface area contributed by atoms with Gasteiger partial charge in [0.1, 0.15) is 11.5 Å². The minimum atomic E-state index is -0.228. The lowest BCUT2D eigenvalue weighted by molar-refractivity contribution is -0.129. The fraction of sp³-hybridized carbons (Fsp3) is 0.360. The summed E-state index contributed by atoms with van der Waals surface area (Å²) in [6.07, 6.45) is 4.08. The SMILES string of the molecule is COc1ccc(OC)c(NC(=O)CC2=C3CCCCC3N(Cc3ccccc3)C2=O)c1. The van der Waals surface area contributed by atoms with Crippen LogP contribution in [0, 0.1) is 0 Å². The molecule has 1 fully saturated rings. The summed E-state index contributed by atoms with van der Waals surface area (Å²) in [7, 11) is 3.12. The number of rotatable bonds is 7. The molecule has 1 aliphatic carbocycles. The van der Waals surface area contributed by atoms with Crippen molar-refractivity contribution in [3.8, 4) is 11.5 Å². The number of ether oxygens (including phenoxy) is 2. The standard InChI is InChI=1S/C25H28N2O4/c1-30-18-12-13-23(31-2)21(14-18)26-24(28)15-20-19-10-6-7-11-22(19)27(25(20)29)16-17-8-4-3-5-9-17/h3-5,8-9,12-14,22H,6-7,10-11,15-16H2,1-2H3,(H,26,28). The Hall–Kier alpha value is -3.28. The van der Waals surface area contributed by atoms with E-state index in [0.29, 0.717) is 29.3 Å². The van der Waals surface area contributed by atoms with E-state index in [2.05, 4.69) is 5.32 Å². The molecule has 2 aliphatic rings. The molecule has 0 radical (unpaired) electrons. The van der Waals surface area contributed by atoms with E-state index in [1.165, 1.54) is 0 Å². The largest absolute Gasteiger partial charge is 0.497 e. The Labute approximate surface area is 182 Å². The van der Waals surface area contributed by atoms with Crippen LogP contribution in [-0.4, -0.2) is 37.0 Å². The van der Waals surface area contributed by atoms with Crippen LogP contribution >= 0.6 is 0 Å². The third-order valence-corrected chi connectivity index (χ3v) is 6.07. The van der Waals surface area contributed by atoms with E-state index in [-0.39, 0.29) is 24.3 Å². The van der Waals surface area contributed by atoms with Crippen LogP contribution in [-0.2, 0) is 16.1 Å². The third-order valence-electron chi connectivity index (χ3n) is 6.07. The highest BCUT2D eigenvalue weighted by Crippen LogP contribution is 2.39. The topological polar surface area (TPSA) is 67.9 Å². The smallest absolute Gasteiger partial charge is 0.251 e. The lowest BCUT2D eigenvalue weighted by atomic mass is 9.88. The molecule has 1 unspecified atom stereocenters. The molecule has 6 nitrogen and oxygen atoms in total. The predicted octanol–water partition coefficient (Wildman–Crippen LogP) is 4.31. The van der Waals surface area contributed by atoms with Gasteiger partial charge in [0, 0.05) is 18.2 Å². The van der Waals surface area contributed by atoms with Gasteiger partial charge in [0.15, 0.2) is 0 Å². The lowest BCUT2D eigenvalue weighted by Crippen LogP contribution is -2.36. The molecule has 1 N–H and O–H groups in total. The van der Waals surface area contributed by atoms with Crippen LogP contribution in [0.3, 0.4) is 0 Å². The summed E-state index contributed by atoms with van der Waals surface area (Å²) in [5.41, 5.74) is 3.43. The molecular formula is C25H28N2O4. The quantitative estimate of drug-likeness (QED) is 0.725. The number of benzene rings is 2. The zero-order chi connectivity index (χ0) is 21.8. The molecule has 2 aromatic rings. The van der Waals surface area contributed by atoms with Gasteiger partial charge in [0.2, 0.25) is 5.91 Å². The summed E-state index contributed by atoms with van der Waals surface area (Å²) in [6.45, 7) is 0.572. The van der Waals surface area contributed by atoms with Gasteiger partial charge >= 0.3 is 0 Å². The van der Waals surface area contributed by atoms with Crippen molar-refractivity contribution in [1.29, 1.82) is 0 Å². The number of methoxy groups -OCH3 is 2. The molecule has 1 saturated carbocycles. The number of fused-ring (bicyclic) bond motifs is 1. The maximum Gasteiger partial charge on any atom is 0.251 e. The molecule has 2 aromatic carbocycles. The fourth-order valence-electron chi connectivity index (χ4n) is 4.56. The Bertz CT molecular complexity index is 1000. The number of hydrogen-bond donors (Lipinski definition) is 1. The molecule has 1 heterocycles. The summed E-state index contributed by atoms with van der Waals surface area (Å²) < 4.78 is 10.6. The maximum atomic E-state index is 13.3. The second-order valence-corrected chi connectivity index (χ2v) is 7.98. The summed E-state index contributed by atoms with van der Waals surface area (Å²) in [6, 6.07) is 15.4. The van der Waals surface area contributed by atoms with Crippen LogP contribution in [0.5, 0.6) is 11.5 Å². The number of carbonyl (C=O) groups excluding carboxylic acids is 2. The first-order chi connectivity index (χ1) is 15.1. The third kappa shape index (κ3) is 4.43. The highest BCUT2D eigenvalue weighted by atomic mass is 16.5. The van der Waals surface area contributed by atoms with Gasteiger partial charge in [-0.2, -0.15) is 0 Å². The lowest BCUT2D eigenvalue weighted by Gasteiger charge is -2.30. The van der Waals surface area contributed by atoms with Gasteiger partial charge in [-0.05, 0) is 42.5 Å². The number of carbonyl (C=O) groups is 2. The van der Waals surface area contributed by atoms with Crippen molar-refractivity contribution >= 4 is 17.5 Å². The highest BCUT2D eigenvalue weighted by molar-refractivity contribution is 6.05. The van der Waals surface area contributed by atoms with Crippen molar-refractivity contribution in [2.24, 2.45) is 0 Å². The van der Waals surface area contributed by atoms with E-state index < -0.39 is 0 Å². The van der Waals surface area contributed by atoms with E-state index in [1.807, 2.05) is 35.2 Å². The first kappa shape index (κ1) is 21.0. The highest BCUT2D eigenvalue weighted by Gasteiger charge is 2.40. The zero-order valence-electron chi connectivity index (χ0n) is 18.0. The average molecular weight is 421 g/mol. The molecule has 162 valence electrons. The van der Waals surface area contributed by atoms with Gasteiger partial charge in [-0.1, -0.05) is 36.8 Å². The van der Waals surface area contributed by atoms with Gasteiger partial charge in [-0.25, -0.2) is 0 Å². The van der Waals surface area contributed by atoms with E-state index in [1.54, 1.807) is 32.4 Å². The van der Waals surface area contributed by atoms with Gasteiger partial charge in [0.25, 0.3) is 5.91 Å². The van der Waals surface area contributed by atoms with Gasteiger partial charge in [-0.15, -0.1) is 0 Å². The molecular weight excluding hydrogens is 392 g/mol.